The van der Waals surface area contributed by atoms with Gasteiger partial charge in [0.1, 0.15) is 6.54 Å². The van der Waals surface area contributed by atoms with Gasteiger partial charge in [-0.3, -0.25) is 19.5 Å². The highest BCUT2D eigenvalue weighted by Crippen LogP contribution is 2.20. The molecule has 32 heavy (non-hydrogen) atoms. The molecule has 3 aliphatic rings. The van der Waals surface area contributed by atoms with Gasteiger partial charge in [-0.25, -0.2) is 14.2 Å². The van der Waals surface area contributed by atoms with Gasteiger partial charge in [0.15, 0.2) is 6.54 Å². The number of piperazine rings is 1. The number of hydrogen-bond donors (Lipinski definition) is 0. The van der Waals surface area contributed by atoms with E-state index in [1.165, 1.54) is 17.6 Å². The van der Waals surface area contributed by atoms with E-state index in [1.807, 2.05) is 18.2 Å². The molecule has 3 heterocycles. The van der Waals surface area contributed by atoms with Crippen molar-refractivity contribution in [3.63, 3.8) is 0 Å². The van der Waals surface area contributed by atoms with Crippen molar-refractivity contribution < 1.29 is 23.7 Å². The molecule has 1 aromatic carbocycles. The lowest BCUT2D eigenvalue weighted by Gasteiger charge is -2.35. The zero-order chi connectivity index (χ0) is 22.8. The van der Waals surface area contributed by atoms with Gasteiger partial charge in [0.2, 0.25) is 0 Å². The number of nitrogens with zero attached hydrogens (tertiary/aromatic N) is 6. The topological polar surface area (TPSA) is 88.8 Å². The number of amides is 3. The zero-order valence-electron chi connectivity index (χ0n) is 18.7. The van der Waals surface area contributed by atoms with Crippen molar-refractivity contribution in [1.29, 1.82) is 0 Å². The summed E-state index contributed by atoms with van der Waals surface area (Å²) >= 11 is 0. The third-order valence-electron chi connectivity index (χ3n) is 6.08. The van der Waals surface area contributed by atoms with Crippen LogP contribution in [0, 0.1) is 0 Å². The summed E-state index contributed by atoms with van der Waals surface area (Å²) in [6.45, 7) is 5.78. The van der Waals surface area contributed by atoms with Crippen LogP contribution in [-0.2, 0) is 14.3 Å². The molecule has 1 aromatic rings. The third kappa shape index (κ3) is 4.10. The SMILES string of the molecule is CCOC(=O)C[N+]1=C(CN2CCN(c3ccccc3)CC2)N=C2C1C(=O)N(C)C(=O)N2C. The lowest BCUT2D eigenvalue weighted by molar-refractivity contribution is -0.527. The minimum atomic E-state index is -0.798. The third-order valence-corrected chi connectivity index (χ3v) is 6.08. The van der Waals surface area contributed by atoms with Gasteiger partial charge in [0.05, 0.1) is 6.61 Å². The highest BCUT2D eigenvalue weighted by molar-refractivity contribution is 6.23. The molecule has 0 aromatic heterocycles. The van der Waals surface area contributed by atoms with E-state index in [9.17, 15) is 14.4 Å². The number of amidine groups is 2. The Kier molecular flexibility index (Phi) is 6.22. The quantitative estimate of drug-likeness (QED) is 0.459. The van der Waals surface area contributed by atoms with Gasteiger partial charge >= 0.3 is 17.8 Å². The predicted molar refractivity (Wildman–Crippen MR) is 119 cm³/mol. The summed E-state index contributed by atoms with van der Waals surface area (Å²) in [5, 5.41) is 0. The number of likely N-dealkylation sites (N-methyl/N-ethyl adjacent to an activating group) is 2. The zero-order valence-corrected chi connectivity index (χ0v) is 18.7. The van der Waals surface area contributed by atoms with Crippen LogP contribution in [0.15, 0.2) is 35.3 Å². The van der Waals surface area contributed by atoms with Crippen LogP contribution in [0.1, 0.15) is 6.92 Å². The number of esters is 1. The number of para-hydroxylation sites is 1. The lowest BCUT2D eigenvalue weighted by atomic mass is 10.1. The van der Waals surface area contributed by atoms with Crippen molar-refractivity contribution in [2.24, 2.45) is 4.99 Å². The average Bonchev–Trinajstić information content (AvgIpc) is 3.15. The maximum atomic E-state index is 12.9. The Morgan fingerprint density at radius 1 is 1.09 bits per heavy atom. The lowest BCUT2D eigenvalue weighted by Crippen LogP contribution is -2.62. The fourth-order valence-corrected chi connectivity index (χ4v) is 4.31. The smallest absolute Gasteiger partial charge is 0.348 e. The van der Waals surface area contributed by atoms with E-state index in [0.29, 0.717) is 18.2 Å². The number of aliphatic imine (C=N–C) groups is 1. The number of carbonyl (C=O) groups excluding carboxylic acids is 3. The molecule has 10 heteroatoms. The monoisotopic (exact) mass is 441 g/mol. The van der Waals surface area contributed by atoms with Crippen molar-refractivity contribution >= 4 is 35.3 Å². The number of carbonyl (C=O) groups is 3. The summed E-state index contributed by atoms with van der Waals surface area (Å²) in [4.78, 5) is 49.3. The molecule has 0 aliphatic carbocycles. The van der Waals surface area contributed by atoms with Crippen LogP contribution in [0.25, 0.3) is 0 Å². The molecule has 0 saturated carbocycles. The van der Waals surface area contributed by atoms with Gasteiger partial charge in [-0.2, -0.15) is 0 Å². The molecule has 1 atom stereocenters. The van der Waals surface area contributed by atoms with Crippen molar-refractivity contribution in [2.45, 2.75) is 13.0 Å². The number of rotatable bonds is 6. The maximum Gasteiger partial charge on any atom is 0.348 e. The van der Waals surface area contributed by atoms with E-state index in [0.717, 1.165) is 31.1 Å². The molecular weight excluding hydrogens is 412 g/mol. The van der Waals surface area contributed by atoms with E-state index in [1.54, 1.807) is 18.5 Å². The summed E-state index contributed by atoms with van der Waals surface area (Å²) in [6, 6.07) is 9.06. The Bertz CT molecular complexity index is 968. The highest BCUT2D eigenvalue weighted by Gasteiger charge is 2.53. The summed E-state index contributed by atoms with van der Waals surface area (Å²) < 4.78 is 6.80. The second-order valence-corrected chi connectivity index (χ2v) is 8.06. The van der Waals surface area contributed by atoms with Crippen molar-refractivity contribution in [2.75, 3.05) is 64.9 Å². The van der Waals surface area contributed by atoms with Gasteiger partial charge in [0.25, 0.3) is 17.8 Å². The first kappa shape index (κ1) is 21.9. The van der Waals surface area contributed by atoms with Crippen LogP contribution in [0.5, 0.6) is 0 Å². The number of imide groups is 1. The first-order chi connectivity index (χ1) is 15.4. The van der Waals surface area contributed by atoms with E-state index in [4.69, 9.17) is 4.74 Å². The number of anilines is 1. The number of benzene rings is 1. The van der Waals surface area contributed by atoms with Gasteiger partial charge in [-0.15, -0.1) is 0 Å². The van der Waals surface area contributed by atoms with E-state index < -0.39 is 18.0 Å². The first-order valence-corrected chi connectivity index (χ1v) is 10.8. The summed E-state index contributed by atoms with van der Waals surface area (Å²) in [6.07, 6.45) is 0. The molecule has 0 N–H and O–H groups in total. The first-order valence-electron chi connectivity index (χ1n) is 10.8. The van der Waals surface area contributed by atoms with Crippen molar-refractivity contribution in [3.05, 3.63) is 30.3 Å². The molecule has 0 bridgehead atoms. The number of ether oxygens (including phenoxy) is 1. The van der Waals surface area contributed by atoms with Crippen LogP contribution in [0.3, 0.4) is 0 Å². The minimum Gasteiger partial charge on any atom is -0.463 e. The van der Waals surface area contributed by atoms with Crippen LogP contribution in [0.4, 0.5) is 10.5 Å². The van der Waals surface area contributed by atoms with Gasteiger partial charge < -0.3 is 9.64 Å². The van der Waals surface area contributed by atoms with Crippen LogP contribution in [0.2, 0.25) is 0 Å². The fourth-order valence-electron chi connectivity index (χ4n) is 4.31. The Morgan fingerprint density at radius 3 is 2.44 bits per heavy atom. The second kappa shape index (κ2) is 9.07. The Balaban J connectivity index is 1.53. The molecular formula is C22H29N6O4+. The van der Waals surface area contributed by atoms with E-state index in [-0.39, 0.29) is 19.1 Å². The molecule has 0 spiro atoms. The number of urea groups is 1. The minimum absolute atomic E-state index is 0.0908. The molecule has 2 fully saturated rings. The highest BCUT2D eigenvalue weighted by atomic mass is 16.5. The van der Waals surface area contributed by atoms with Crippen molar-refractivity contribution in [3.8, 4) is 0 Å². The molecule has 3 aliphatic heterocycles. The summed E-state index contributed by atoms with van der Waals surface area (Å²) in [7, 11) is 3.04. The van der Waals surface area contributed by atoms with Gasteiger partial charge in [-0.1, -0.05) is 18.2 Å². The summed E-state index contributed by atoms with van der Waals surface area (Å²) in [5.41, 5.74) is 1.20. The van der Waals surface area contributed by atoms with E-state index in [2.05, 4.69) is 26.9 Å². The number of fused-ring (bicyclic) bond motifs is 1. The molecule has 4 rings (SSSR count). The fraction of sp³-hybridized carbons (Fsp3) is 0.500. The molecule has 3 amide bonds. The maximum absolute atomic E-state index is 12.9. The standard InChI is InChI=1S/C22H29N6O4/c1-4-32-18(29)15-28-17(23-20-19(28)21(30)25(3)22(31)24(20)2)14-26-10-12-27(13-11-26)16-8-6-5-7-9-16/h5-9,19H,4,10-15H2,1-3H3/q+1. The van der Waals surface area contributed by atoms with Gasteiger partial charge in [-0.05, 0) is 24.0 Å². The molecule has 10 nitrogen and oxygen atoms in total. The largest absolute Gasteiger partial charge is 0.463 e. The molecule has 2 saturated heterocycles. The Labute approximate surface area is 187 Å². The van der Waals surface area contributed by atoms with E-state index >= 15 is 0 Å². The summed E-state index contributed by atoms with van der Waals surface area (Å²) in [5.74, 6) is 0.153. The molecule has 170 valence electrons. The Hall–Kier alpha value is -3.27. The molecule has 1 unspecified atom stereocenters. The average molecular weight is 442 g/mol. The van der Waals surface area contributed by atoms with Crippen LogP contribution < -0.4 is 4.90 Å². The molecule has 0 radical (unpaired) electrons. The second-order valence-electron chi connectivity index (χ2n) is 8.06. The van der Waals surface area contributed by atoms with Crippen LogP contribution in [-0.4, -0.2) is 115 Å². The predicted octanol–water partition coefficient (Wildman–Crippen LogP) is 0.0872. The normalized spacial score (nSPS) is 21.8. The van der Waals surface area contributed by atoms with Crippen LogP contribution >= 0.6 is 0 Å². The number of hydrogen-bond acceptors (Lipinski definition) is 7. The van der Waals surface area contributed by atoms with Gasteiger partial charge in [0, 0.05) is 46.0 Å². The van der Waals surface area contributed by atoms with Crippen molar-refractivity contribution in [1.82, 2.24) is 14.7 Å². The Morgan fingerprint density at radius 2 is 1.78 bits per heavy atom.